The van der Waals surface area contributed by atoms with Crippen molar-refractivity contribution in [2.45, 2.75) is 0 Å². The zero-order valence-corrected chi connectivity index (χ0v) is 14.8. The molecule has 0 aromatic heterocycles. The van der Waals surface area contributed by atoms with Gasteiger partial charge in [-0.2, -0.15) is 10.2 Å². The van der Waals surface area contributed by atoms with E-state index in [1.807, 2.05) is 6.07 Å². The summed E-state index contributed by atoms with van der Waals surface area (Å²) in [6.45, 7) is 0. The molecule has 0 saturated heterocycles. The molecular weight excluding hydrogens is 356 g/mol. The summed E-state index contributed by atoms with van der Waals surface area (Å²) in [4.78, 5) is 12.1. The third kappa shape index (κ3) is 5.43. The van der Waals surface area contributed by atoms with Crippen molar-refractivity contribution in [3.05, 3.63) is 89.5 Å². The van der Waals surface area contributed by atoms with Gasteiger partial charge in [0.25, 0.3) is 5.91 Å². The summed E-state index contributed by atoms with van der Waals surface area (Å²) in [5, 5.41) is 26.8. The molecule has 0 bridgehead atoms. The molecule has 0 atom stereocenters. The number of hydrogen-bond donors (Lipinski definition) is 4. The molecular formula is C21H18N4O3. The molecule has 0 aliphatic rings. The van der Waals surface area contributed by atoms with Gasteiger partial charge in [0, 0.05) is 5.56 Å². The highest BCUT2D eigenvalue weighted by Crippen LogP contribution is 2.12. The number of amides is 1. The molecule has 7 heteroatoms. The molecule has 3 rings (SSSR count). The van der Waals surface area contributed by atoms with Gasteiger partial charge in [0.05, 0.1) is 18.1 Å². The second kappa shape index (κ2) is 9.00. The summed E-state index contributed by atoms with van der Waals surface area (Å²) in [6.07, 6.45) is 3.03. The molecule has 0 aliphatic heterocycles. The van der Waals surface area contributed by atoms with E-state index < -0.39 is 0 Å². The molecule has 3 aromatic rings. The van der Waals surface area contributed by atoms with E-state index in [-0.39, 0.29) is 17.4 Å². The van der Waals surface area contributed by atoms with E-state index in [2.05, 4.69) is 21.1 Å². The van der Waals surface area contributed by atoms with Crippen LogP contribution in [0.1, 0.15) is 21.5 Å². The number of hydrazone groups is 2. The number of rotatable bonds is 6. The zero-order valence-electron chi connectivity index (χ0n) is 14.8. The summed E-state index contributed by atoms with van der Waals surface area (Å²) in [6, 6.07) is 20.0. The van der Waals surface area contributed by atoms with Crippen molar-refractivity contribution in [3.63, 3.8) is 0 Å². The van der Waals surface area contributed by atoms with Crippen LogP contribution in [0.4, 0.5) is 5.69 Å². The smallest absolute Gasteiger partial charge is 0.271 e. The van der Waals surface area contributed by atoms with Crippen molar-refractivity contribution >= 4 is 24.0 Å². The predicted octanol–water partition coefficient (Wildman–Crippen LogP) is 3.31. The fourth-order valence-electron chi connectivity index (χ4n) is 2.32. The van der Waals surface area contributed by atoms with Crippen LogP contribution in [0.2, 0.25) is 0 Å². The molecule has 0 fully saturated rings. The van der Waals surface area contributed by atoms with Gasteiger partial charge in [-0.15, -0.1) is 0 Å². The number of aromatic hydroxyl groups is 2. The number of nitrogens with zero attached hydrogens (tertiary/aromatic N) is 2. The highest BCUT2D eigenvalue weighted by molar-refractivity contribution is 5.95. The maximum Gasteiger partial charge on any atom is 0.271 e. The Hall–Kier alpha value is -4.13. The van der Waals surface area contributed by atoms with Crippen molar-refractivity contribution in [1.82, 2.24) is 5.43 Å². The van der Waals surface area contributed by atoms with Crippen LogP contribution in [0.5, 0.6) is 11.5 Å². The van der Waals surface area contributed by atoms with E-state index in [1.54, 1.807) is 66.9 Å². The predicted molar refractivity (Wildman–Crippen MR) is 109 cm³/mol. The van der Waals surface area contributed by atoms with Gasteiger partial charge in [0.15, 0.2) is 0 Å². The van der Waals surface area contributed by atoms with Gasteiger partial charge in [-0.1, -0.05) is 24.3 Å². The summed E-state index contributed by atoms with van der Waals surface area (Å²) in [7, 11) is 0. The van der Waals surface area contributed by atoms with Gasteiger partial charge in [-0.05, 0) is 59.7 Å². The van der Waals surface area contributed by atoms with E-state index in [1.165, 1.54) is 12.3 Å². The Balaban J connectivity index is 1.54. The highest BCUT2D eigenvalue weighted by atomic mass is 16.3. The number of benzene rings is 3. The molecule has 28 heavy (non-hydrogen) atoms. The van der Waals surface area contributed by atoms with Crippen LogP contribution in [-0.4, -0.2) is 28.5 Å². The maximum atomic E-state index is 12.1. The lowest BCUT2D eigenvalue weighted by Gasteiger charge is -2.03. The Bertz CT molecular complexity index is 1010. The van der Waals surface area contributed by atoms with Crippen LogP contribution in [0.25, 0.3) is 0 Å². The minimum Gasteiger partial charge on any atom is -0.508 e. The van der Waals surface area contributed by atoms with E-state index in [9.17, 15) is 15.0 Å². The third-order valence-electron chi connectivity index (χ3n) is 3.67. The summed E-state index contributed by atoms with van der Waals surface area (Å²) >= 11 is 0. The Morgan fingerprint density at radius 3 is 1.93 bits per heavy atom. The number of phenolic OH excluding ortho intramolecular Hbond substituents is 2. The van der Waals surface area contributed by atoms with Crippen molar-refractivity contribution < 1.29 is 15.0 Å². The molecule has 7 nitrogen and oxygen atoms in total. The van der Waals surface area contributed by atoms with Gasteiger partial charge in [-0.3, -0.25) is 10.2 Å². The Morgan fingerprint density at radius 2 is 1.36 bits per heavy atom. The van der Waals surface area contributed by atoms with Gasteiger partial charge < -0.3 is 10.2 Å². The summed E-state index contributed by atoms with van der Waals surface area (Å²) < 4.78 is 0. The van der Waals surface area contributed by atoms with Crippen LogP contribution < -0.4 is 10.9 Å². The minimum atomic E-state index is -0.355. The van der Waals surface area contributed by atoms with Crippen molar-refractivity contribution in [3.8, 4) is 11.5 Å². The van der Waals surface area contributed by atoms with Crippen molar-refractivity contribution in [2.24, 2.45) is 10.2 Å². The van der Waals surface area contributed by atoms with Crippen LogP contribution in [0.15, 0.2) is 83.0 Å². The molecule has 1 amide bonds. The molecule has 0 spiro atoms. The number of hydrogen-bond acceptors (Lipinski definition) is 6. The SMILES string of the molecule is O=C(N/N=C\c1cccc(O)c1)c1ccc(N/N=C\c2cccc(O)c2)cc1. The maximum absolute atomic E-state index is 12.1. The van der Waals surface area contributed by atoms with Gasteiger partial charge in [0.2, 0.25) is 0 Å². The lowest BCUT2D eigenvalue weighted by atomic mass is 10.2. The zero-order chi connectivity index (χ0) is 19.8. The van der Waals surface area contributed by atoms with E-state index in [4.69, 9.17) is 0 Å². The number of phenols is 2. The average molecular weight is 374 g/mol. The van der Waals surface area contributed by atoms with E-state index in [0.717, 1.165) is 5.56 Å². The number of carbonyl (C=O) groups is 1. The molecule has 140 valence electrons. The topological polar surface area (TPSA) is 106 Å². The minimum absolute atomic E-state index is 0.130. The molecule has 0 heterocycles. The second-order valence-corrected chi connectivity index (χ2v) is 5.84. The monoisotopic (exact) mass is 374 g/mol. The fourth-order valence-corrected chi connectivity index (χ4v) is 2.32. The number of nitrogens with one attached hydrogen (secondary N) is 2. The normalized spacial score (nSPS) is 11.0. The van der Waals surface area contributed by atoms with Crippen LogP contribution in [0.3, 0.4) is 0 Å². The van der Waals surface area contributed by atoms with Gasteiger partial charge in [-0.25, -0.2) is 5.43 Å². The lowest BCUT2D eigenvalue weighted by Crippen LogP contribution is -2.17. The Morgan fingerprint density at radius 1 is 0.786 bits per heavy atom. The lowest BCUT2D eigenvalue weighted by molar-refractivity contribution is 0.0955. The molecule has 0 radical (unpaired) electrons. The second-order valence-electron chi connectivity index (χ2n) is 5.84. The Kier molecular flexibility index (Phi) is 5.99. The quantitative estimate of drug-likeness (QED) is 0.392. The first kappa shape index (κ1) is 18.7. The van der Waals surface area contributed by atoms with Crippen molar-refractivity contribution in [1.29, 1.82) is 0 Å². The molecule has 4 N–H and O–H groups in total. The first-order chi connectivity index (χ1) is 13.6. The average Bonchev–Trinajstić information content (AvgIpc) is 2.69. The van der Waals surface area contributed by atoms with Crippen LogP contribution in [-0.2, 0) is 0 Å². The molecule has 0 unspecified atom stereocenters. The first-order valence-electron chi connectivity index (χ1n) is 8.41. The fraction of sp³-hybridized carbons (Fsp3) is 0. The van der Waals surface area contributed by atoms with Crippen LogP contribution in [0, 0.1) is 0 Å². The largest absolute Gasteiger partial charge is 0.508 e. The standard InChI is InChI=1S/C21H18N4O3/c26-19-5-1-3-15(11-19)13-22-24-18-9-7-17(8-10-18)21(28)25-23-14-16-4-2-6-20(27)12-16/h1-14,24,26-27H,(H,25,28)/b22-13-,23-14-. The van der Waals surface area contributed by atoms with Crippen molar-refractivity contribution in [2.75, 3.05) is 5.43 Å². The Labute approximate surface area is 161 Å². The number of carbonyl (C=O) groups excluding carboxylic acids is 1. The molecule has 0 aliphatic carbocycles. The van der Waals surface area contributed by atoms with Gasteiger partial charge in [0.1, 0.15) is 11.5 Å². The summed E-state index contributed by atoms with van der Waals surface area (Å²) in [5.74, 6) is -0.0534. The van der Waals surface area contributed by atoms with Gasteiger partial charge >= 0.3 is 0 Å². The first-order valence-corrected chi connectivity index (χ1v) is 8.41. The van der Waals surface area contributed by atoms with Crippen LogP contribution >= 0.6 is 0 Å². The molecule has 3 aromatic carbocycles. The van der Waals surface area contributed by atoms with E-state index in [0.29, 0.717) is 16.8 Å². The molecule has 0 saturated carbocycles. The number of anilines is 1. The third-order valence-corrected chi connectivity index (χ3v) is 3.67. The van der Waals surface area contributed by atoms with E-state index >= 15 is 0 Å². The summed E-state index contributed by atoms with van der Waals surface area (Å²) in [5.41, 5.74) is 7.86. The highest BCUT2D eigenvalue weighted by Gasteiger charge is 2.03.